The molecule has 2 rings (SSSR count). The van der Waals surface area contributed by atoms with Gasteiger partial charge in [0.15, 0.2) is 6.29 Å². The number of nitrogens with zero attached hydrogens (tertiary/aromatic N) is 3. The molecule has 0 aliphatic rings. The number of likely N-dealkylation sites (N-methyl/N-ethyl adjacent to an activating group) is 1. The molecule has 2 aromatic heterocycles. The van der Waals surface area contributed by atoms with E-state index in [1.165, 1.54) is 0 Å². The van der Waals surface area contributed by atoms with Crippen LogP contribution in [0.15, 0.2) is 54.1 Å². The fourth-order valence-corrected chi connectivity index (χ4v) is 2.17. The van der Waals surface area contributed by atoms with E-state index in [-0.39, 0.29) is 6.61 Å². The fourth-order valence-electron chi connectivity index (χ4n) is 2.17. The number of H-pyrrole nitrogens is 1. The molecule has 2 aromatic rings. The molecule has 0 spiro atoms. The molecule has 0 radical (unpaired) electrons. The van der Waals surface area contributed by atoms with Crippen molar-refractivity contribution in [3.05, 3.63) is 59.8 Å². The third-order valence-electron chi connectivity index (χ3n) is 3.60. The van der Waals surface area contributed by atoms with E-state index in [1.54, 1.807) is 6.20 Å². The summed E-state index contributed by atoms with van der Waals surface area (Å²) in [5, 5.41) is 6.73. The number of pyridine rings is 1. The molecule has 0 aliphatic heterocycles. The van der Waals surface area contributed by atoms with Gasteiger partial charge in [0.2, 0.25) is 0 Å². The first kappa shape index (κ1) is 25.1. The van der Waals surface area contributed by atoms with Crippen molar-refractivity contribution in [3.63, 3.8) is 0 Å². The highest BCUT2D eigenvalue weighted by atomic mass is 16.5. The van der Waals surface area contributed by atoms with Crippen molar-refractivity contribution in [2.45, 2.75) is 41.5 Å². The van der Waals surface area contributed by atoms with Crippen LogP contribution in [0.3, 0.4) is 0 Å². The molecule has 0 saturated carbocycles. The Labute approximate surface area is 169 Å². The Kier molecular flexibility index (Phi) is 13.6. The van der Waals surface area contributed by atoms with Gasteiger partial charge in [-0.15, -0.1) is 0 Å². The lowest BCUT2D eigenvalue weighted by Crippen LogP contribution is -2.18. The second-order valence-corrected chi connectivity index (χ2v) is 5.57. The zero-order valence-corrected chi connectivity index (χ0v) is 18.2. The number of rotatable bonds is 7. The highest BCUT2D eigenvalue weighted by Gasteiger charge is 2.04. The van der Waals surface area contributed by atoms with E-state index < -0.39 is 0 Å². The molecule has 154 valence electrons. The molecule has 6 nitrogen and oxygen atoms in total. The first-order chi connectivity index (χ1) is 13.5. The first-order valence-electron chi connectivity index (χ1n) is 9.58. The Morgan fingerprint density at radius 2 is 2.00 bits per heavy atom. The fraction of sp³-hybridized carbons (Fsp3) is 0.409. The molecule has 0 amide bonds. The van der Waals surface area contributed by atoms with E-state index in [9.17, 15) is 4.79 Å². The summed E-state index contributed by atoms with van der Waals surface area (Å²) in [7, 11) is 1.99. The standard InChI is InChI=1S/C11H19NO2.C9H9N3.C2H6/c1-5-7-11(12(4)6-2)10(3)14-9-8-13;1-7-3-2-4-8(11-7)9-5-6-10-12-9;1-2/h5,7-8H,6,9H2,1-4H3;2-6H,1H3,(H,10,12);1-2H3/b7-5-,11-10-;;. The zero-order valence-electron chi connectivity index (χ0n) is 18.2. The van der Waals surface area contributed by atoms with Crippen LogP contribution in [0.5, 0.6) is 0 Å². The van der Waals surface area contributed by atoms with Crippen molar-refractivity contribution >= 4 is 6.29 Å². The highest BCUT2D eigenvalue weighted by Crippen LogP contribution is 2.12. The quantitative estimate of drug-likeness (QED) is 0.422. The van der Waals surface area contributed by atoms with Crippen molar-refractivity contribution in [1.82, 2.24) is 20.1 Å². The van der Waals surface area contributed by atoms with Gasteiger partial charge in [-0.2, -0.15) is 5.10 Å². The zero-order chi connectivity index (χ0) is 21.4. The number of ether oxygens (including phenoxy) is 1. The van der Waals surface area contributed by atoms with E-state index >= 15 is 0 Å². The van der Waals surface area contributed by atoms with E-state index in [4.69, 9.17) is 4.74 Å². The van der Waals surface area contributed by atoms with Gasteiger partial charge >= 0.3 is 0 Å². The molecular formula is C22H34N4O2. The Morgan fingerprint density at radius 1 is 1.29 bits per heavy atom. The minimum Gasteiger partial charge on any atom is -0.489 e. The molecule has 28 heavy (non-hydrogen) atoms. The monoisotopic (exact) mass is 386 g/mol. The molecule has 0 atom stereocenters. The van der Waals surface area contributed by atoms with Crippen LogP contribution < -0.4 is 0 Å². The summed E-state index contributed by atoms with van der Waals surface area (Å²) in [6, 6.07) is 7.82. The molecule has 6 heteroatoms. The summed E-state index contributed by atoms with van der Waals surface area (Å²) in [5.74, 6) is 0.777. The molecular weight excluding hydrogens is 352 g/mol. The predicted octanol–water partition coefficient (Wildman–Crippen LogP) is 4.77. The highest BCUT2D eigenvalue weighted by molar-refractivity contribution is 5.53. The number of aldehydes is 1. The van der Waals surface area contributed by atoms with Crippen LogP contribution in [-0.2, 0) is 9.53 Å². The number of carbonyl (C=O) groups excluding carboxylic acids is 1. The minimum absolute atomic E-state index is 0.116. The molecule has 0 unspecified atom stereocenters. The average Bonchev–Trinajstić information content (AvgIpc) is 3.26. The lowest BCUT2D eigenvalue weighted by molar-refractivity contribution is -0.110. The number of allylic oxidation sites excluding steroid dienone is 3. The summed E-state index contributed by atoms with van der Waals surface area (Å²) >= 11 is 0. The minimum atomic E-state index is 0.116. The first-order valence-corrected chi connectivity index (χ1v) is 9.58. The van der Waals surface area contributed by atoms with Gasteiger partial charge in [0.1, 0.15) is 12.4 Å². The van der Waals surface area contributed by atoms with Crippen molar-refractivity contribution in [1.29, 1.82) is 0 Å². The van der Waals surface area contributed by atoms with Crippen LogP contribution in [0.2, 0.25) is 0 Å². The van der Waals surface area contributed by atoms with Crippen LogP contribution in [0.1, 0.15) is 40.3 Å². The lowest BCUT2D eigenvalue weighted by atomic mass is 10.2. The van der Waals surface area contributed by atoms with E-state index in [2.05, 4.69) is 27.0 Å². The lowest BCUT2D eigenvalue weighted by Gasteiger charge is -2.20. The van der Waals surface area contributed by atoms with E-state index in [0.717, 1.165) is 41.4 Å². The number of hydrogen-bond acceptors (Lipinski definition) is 5. The van der Waals surface area contributed by atoms with Crippen LogP contribution in [0.4, 0.5) is 0 Å². The maximum absolute atomic E-state index is 10.1. The predicted molar refractivity (Wildman–Crippen MR) is 116 cm³/mol. The molecule has 0 aliphatic carbocycles. The third-order valence-corrected chi connectivity index (χ3v) is 3.60. The topological polar surface area (TPSA) is 71.1 Å². The van der Waals surface area contributed by atoms with Crippen molar-refractivity contribution in [3.8, 4) is 11.4 Å². The van der Waals surface area contributed by atoms with E-state index in [1.807, 2.05) is 78.1 Å². The smallest absolute Gasteiger partial charge is 0.157 e. The summed E-state index contributed by atoms with van der Waals surface area (Å²) < 4.78 is 5.25. The van der Waals surface area contributed by atoms with Gasteiger partial charge in [-0.1, -0.05) is 26.0 Å². The van der Waals surface area contributed by atoms with Crippen LogP contribution >= 0.6 is 0 Å². The van der Waals surface area contributed by atoms with Gasteiger partial charge in [-0.3, -0.25) is 14.9 Å². The van der Waals surface area contributed by atoms with E-state index in [0.29, 0.717) is 0 Å². The average molecular weight is 387 g/mol. The summed E-state index contributed by atoms with van der Waals surface area (Å²) in [4.78, 5) is 16.6. The van der Waals surface area contributed by atoms with Gasteiger partial charge in [0, 0.05) is 25.5 Å². The number of aryl methyl sites for hydroxylation is 1. The van der Waals surface area contributed by atoms with Gasteiger partial charge in [0.25, 0.3) is 0 Å². The molecule has 0 bridgehead atoms. The second-order valence-electron chi connectivity index (χ2n) is 5.57. The van der Waals surface area contributed by atoms with Crippen molar-refractivity contribution in [2.75, 3.05) is 20.2 Å². The van der Waals surface area contributed by atoms with Gasteiger partial charge in [0.05, 0.1) is 17.1 Å². The van der Waals surface area contributed by atoms with Gasteiger partial charge in [-0.25, -0.2) is 0 Å². The molecule has 0 saturated heterocycles. The van der Waals surface area contributed by atoms with Gasteiger partial charge < -0.3 is 9.64 Å². The summed E-state index contributed by atoms with van der Waals surface area (Å²) in [6.07, 6.45) is 6.40. The molecule has 0 aromatic carbocycles. The normalized spacial score (nSPS) is 10.8. The van der Waals surface area contributed by atoms with Crippen molar-refractivity contribution < 1.29 is 9.53 Å². The second kappa shape index (κ2) is 15.2. The third kappa shape index (κ3) is 9.16. The maximum Gasteiger partial charge on any atom is 0.157 e. The number of carbonyl (C=O) groups is 1. The summed E-state index contributed by atoms with van der Waals surface area (Å²) in [6.45, 7) is 12.9. The molecule has 0 fully saturated rings. The van der Waals surface area contributed by atoms with Crippen molar-refractivity contribution in [2.24, 2.45) is 0 Å². The summed E-state index contributed by atoms with van der Waals surface area (Å²) in [5.41, 5.74) is 3.92. The molecule has 2 heterocycles. The maximum atomic E-state index is 10.1. The molecule has 1 N–H and O–H groups in total. The Hall–Kier alpha value is -2.89. The number of aromatic nitrogens is 3. The van der Waals surface area contributed by atoms with Crippen LogP contribution in [0, 0.1) is 6.92 Å². The largest absolute Gasteiger partial charge is 0.489 e. The van der Waals surface area contributed by atoms with Gasteiger partial charge in [-0.05, 0) is 52.0 Å². The van der Waals surface area contributed by atoms with Crippen LogP contribution in [-0.4, -0.2) is 46.6 Å². The number of hydrogen-bond donors (Lipinski definition) is 1. The van der Waals surface area contributed by atoms with Crippen LogP contribution in [0.25, 0.3) is 11.4 Å². The Morgan fingerprint density at radius 3 is 2.50 bits per heavy atom. The Balaban J connectivity index is 0.000000480. The Bertz CT molecular complexity index is 722. The number of nitrogens with one attached hydrogen (secondary N) is 1. The SMILES string of the molecule is C/C=C\C(=C(/C)OCC=O)N(C)CC.CC.Cc1cccc(-c2ccn[nH]2)n1. The number of aromatic amines is 1.